The Kier molecular flexibility index (Phi) is 10.2. The van der Waals surface area contributed by atoms with Crippen molar-refractivity contribution in [2.45, 2.75) is 51.8 Å². The molecule has 0 aliphatic heterocycles. The summed E-state index contributed by atoms with van der Waals surface area (Å²) in [5, 5.41) is 5.56. The fourth-order valence-electron chi connectivity index (χ4n) is 3.82. The zero-order valence-electron chi connectivity index (χ0n) is 20.7. The molecule has 3 rings (SSSR count). The maximum Gasteiger partial charge on any atom is 0.408 e. The average molecular weight is 488 g/mol. The minimum Gasteiger partial charge on any atom is -0.445 e. The van der Waals surface area contributed by atoms with Gasteiger partial charge in [0.2, 0.25) is 5.91 Å². The van der Waals surface area contributed by atoms with Gasteiger partial charge in [-0.05, 0) is 48.4 Å². The first kappa shape index (κ1) is 26.6. The number of carbonyl (C=O) groups excluding carboxylic acids is 3. The number of rotatable bonds is 12. The number of nitrogens with one attached hydrogen (secondary N) is 2. The van der Waals surface area contributed by atoms with E-state index >= 15 is 0 Å². The third-order valence-electron chi connectivity index (χ3n) is 5.67. The molecule has 2 atom stereocenters. The molecule has 0 bridgehead atoms. The summed E-state index contributed by atoms with van der Waals surface area (Å²) < 4.78 is 5.31. The number of alkyl carbamates (subject to hydrolysis) is 1. The standard InChI is InChI=1S/C29H33N3O4/c1-21(2)18-26(32-29(35)36-20-23-12-7-4-8-13-23)28(34)31-25(16-15-22-10-5-3-6-11-22)27(33)24-14-9-17-30-19-24/h3-14,17,19,21,25-26H,15-16,18,20H2,1-2H3,(H,31,34)(H,32,35). The first-order chi connectivity index (χ1) is 17.4. The molecule has 2 N–H and O–H groups in total. The van der Waals surface area contributed by atoms with Crippen LogP contribution in [0.25, 0.3) is 0 Å². The molecule has 188 valence electrons. The molecule has 0 fully saturated rings. The first-order valence-corrected chi connectivity index (χ1v) is 12.2. The molecule has 1 heterocycles. The van der Waals surface area contributed by atoms with Crippen LogP contribution >= 0.6 is 0 Å². The molecule has 2 unspecified atom stereocenters. The van der Waals surface area contributed by atoms with Gasteiger partial charge in [0.1, 0.15) is 12.6 Å². The van der Waals surface area contributed by atoms with Gasteiger partial charge in [-0.3, -0.25) is 14.6 Å². The highest BCUT2D eigenvalue weighted by Gasteiger charge is 2.28. The monoisotopic (exact) mass is 487 g/mol. The number of carbonyl (C=O) groups is 3. The quantitative estimate of drug-likeness (QED) is 0.360. The van der Waals surface area contributed by atoms with Gasteiger partial charge in [-0.15, -0.1) is 0 Å². The lowest BCUT2D eigenvalue weighted by Crippen LogP contribution is -2.52. The SMILES string of the molecule is CC(C)CC(NC(=O)OCc1ccccc1)C(=O)NC(CCc1ccccc1)C(=O)c1cccnc1. The number of pyridine rings is 1. The molecule has 0 saturated heterocycles. The van der Waals surface area contributed by atoms with Crippen molar-refractivity contribution >= 4 is 17.8 Å². The van der Waals surface area contributed by atoms with Crippen LogP contribution in [0.3, 0.4) is 0 Å². The van der Waals surface area contributed by atoms with Crippen molar-refractivity contribution in [3.63, 3.8) is 0 Å². The molecular weight excluding hydrogens is 454 g/mol. The van der Waals surface area contributed by atoms with Gasteiger partial charge in [-0.1, -0.05) is 74.5 Å². The third-order valence-corrected chi connectivity index (χ3v) is 5.67. The predicted octanol–water partition coefficient (Wildman–Crippen LogP) is 4.72. The van der Waals surface area contributed by atoms with Crippen molar-refractivity contribution in [1.82, 2.24) is 15.6 Å². The van der Waals surface area contributed by atoms with Crippen LogP contribution < -0.4 is 10.6 Å². The smallest absolute Gasteiger partial charge is 0.408 e. The summed E-state index contributed by atoms with van der Waals surface area (Å²) >= 11 is 0. The van der Waals surface area contributed by atoms with E-state index in [1.54, 1.807) is 18.3 Å². The minimum absolute atomic E-state index is 0.0991. The van der Waals surface area contributed by atoms with E-state index in [0.29, 0.717) is 24.8 Å². The largest absolute Gasteiger partial charge is 0.445 e. The average Bonchev–Trinajstić information content (AvgIpc) is 2.90. The highest BCUT2D eigenvalue weighted by atomic mass is 16.5. The van der Waals surface area contributed by atoms with Crippen molar-refractivity contribution in [3.05, 3.63) is 102 Å². The lowest BCUT2D eigenvalue weighted by Gasteiger charge is -2.24. The number of ether oxygens (including phenoxy) is 1. The predicted molar refractivity (Wildman–Crippen MR) is 138 cm³/mol. The molecule has 0 spiro atoms. The molecule has 7 nitrogen and oxygen atoms in total. The number of hydrogen-bond acceptors (Lipinski definition) is 5. The minimum atomic E-state index is -0.839. The molecule has 0 radical (unpaired) electrons. The molecular formula is C29H33N3O4. The van der Waals surface area contributed by atoms with Gasteiger partial charge in [0, 0.05) is 18.0 Å². The van der Waals surface area contributed by atoms with Gasteiger partial charge < -0.3 is 15.4 Å². The van der Waals surface area contributed by atoms with E-state index in [0.717, 1.165) is 11.1 Å². The van der Waals surface area contributed by atoms with Crippen molar-refractivity contribution in [1.29, 1.82) is 0 Å². The molecule has 7 heteroatoms. The van der Waals surface area contributed by atoms with Gasteiger partial charge in [0.25, 0.3) is 0 Å². The summed E-state index contributed by atoms with van der Waals surface area (Å²) in [5.41, 5.74) is 2.34. The van der Waals surface area contributed by atoms with Crippen LogP contribution in [-0.2, 0) is 22.6 Å². The summed E-state index contributed by atoms with van der Waals surface area (Å²) in [6, 6.07) is 20.9. The lowest BCUT2D eigenvalue weighted by atomic mass is 9.97. The summed E-state index contributed by atoms with van der Waals surface area (Å²) in [7, 11) is 0. The molecule has 1 aromatic heterocycles. The molecule has 0 saturated carbocycles. The van der Waals surface area contributed by atoms with Crippen LogP contribution in [0.4, 0.5) is 4.79 Å². The fourth-order valence-corrected chi connectivity index (χ4v) is 3.82. The van der Waals surface area contributed by atoms with Crippen LogP contribution in [0.1, 0.15) is 48.2 Å². The number of hydrogen-bond donors (Lipinski definition) is 2. The van der Waals surface area contributed by atoms with Crippen molar-refractivity contribution in [3.8, 4) is 0 Å². The molecule has 2 amide bonds. The number of nitrogens with zero attached hydrogens (tertiary/aromatic N) is 1. The van der Waals surface area contributed by atoms with Crippen LogP contribution in [0.15, 0.2) is 85.2 Å². The molecule has 36 heavy (non-hydrogen) atoms. The van der Waals surface area contributed by atoms with Crippen molar-refractivity contribution in [2.75, 3.05) is 0 Å². The van der Waals surface area contributed by atoms with E-state index in [4.69, 9.17) is 4.74 Å². The molecule has 3 aromatic rings. The Labute approximate surface area is 212 Å². The summed E-state index contributed by atoms with van der Waals surface area (Å²) in [5.74, 6) is -0.509. The second-order valence-corrected chi connectivity index (χ2v) is 9.08. The Morgan fingerprint density at radius 2 is 1.50 bits per heavy atom. The highest BCUT2D eigenvalue weighted by Crippen LogP contribution is 2.12. The van der Waals surface area contributed by atoms with Gasteiger partial charge in [-0.2, -0.15) is 0 Å². The number of amides is 2. The summed E-state index contributed by atoms with van der Waals surface area (Å²) in [6.07, 6.45) is 3.83. The van der Waals surface area contributed by atoms with E-state index in [2.05, 4.69) is 15.6 Å². The number of aromatic nitrogens is 1. The van der Waals surface area contributed by atoms with Crippen LogP contribution in [0.2, 0.25) is 0 Å². The normalized spacial score (nSPS) is 12.4. The van der Waals surface area contributed by atoms with Gasteiger partial charge in [-0.25, -0.2) is 4.79 Å². The number of aryl methyl sites for hydroxylation is 1. The lowest BCUT2D eigenvalue weighted by molar-refractivity contribution is -0.124. The van der Waals surface area contributed by atoms with E-state index in [1.165, 1.54) is 6.20 Å². The van der Waals surface area contributed by atoms with Crippen LogP contribution in [0, 0.1) is 5.92 Å². The van der Waals surface area contributed by atoms with Gasteiger partial charge in [0.05, 0.1) is 6.04 Å². The van der Waals surface area contributed by atoms with E-state index in [1.807, 2.05) is 74.5 Å². The van der Waals surface area contributed by atoms with Crippen LogP contribution in [-0.4, -0.2) is 34.9 Å². The first-order valence-electron chi connectivity index (χ1n) is 12.2. The maximum atomic E-state index is 13.3. The van der Waals surface area contributed by atoms with Crippen molar-refractivity contribution < 1.29 is 19.1 Å². The Morgan fingerprint density at radius 3 is 2.11 bits per heavy atom. The number of ketones is 1. The topological polar surface area (TPSA) is 97.4 Å². The second-order valence-electron chi connectivity index (χ2n) is 9.08. The molecule has 2 aromatic carbocycles. The van der Waals surface area contributed by atoms with E-state index in [9.17, 15) is 14.4 Å². The summed E-state index contributed by atoms with van der Waals surface area (Å²) in [6.45, 7) is 4.03. The maximum absolute atomic E-state index is 13.3. The Bertz CT molecular complexity index is 1110. The van der Waals surface area contributed by atoms with Crippen molar-refractivity contribution in [2.24, 2.45) is 5.92 Å². The van der Waals surface area contributed by atoms with Gasteiger partial charge in [0.15, 0.2) is 5.78 Å². The van der Waals surface area contributed by atoms with Crippen LogP contribution in [0.5, 0.6) is 0 Å². The Morgan fingerprint density at radius 1 is 0.833 bits per heavy atom. The Balaban J connectivity index is 1.69. The van der Waals surface area contributed by atoms with Gasteiger partial charge >= 0.3 is 6.09 Å². The summed E-state index contributed by atoms with van der Waals surface area (Å²) in [4.78, 5) is 43.1. The Hall–Kier alpha value is -4.00. The van der Waals surface area contributed by atoms with E-state index < -0.39 is 24.1 Å². The van der Waals surface area contributed by atoms with E-state index in [-0.39, 0.29) is 18.3 Å². The molecule has 0 aliphatic carbocycles. The highest BCUT2D eigenvalue weighted by molar-refractivity contribution is 6.02. The number of benzene rings is 2. The number of Topliss-reactive ketones (excluding diaryl/α,β-unsaturated/α-hetero) is 1. The fraction of sp³-hybridized carbons (Fsp3) is 0.310. The zero-order chi connectivity index (χ0) is 25.8. The second kappa shape index (κ2) is 13.8. The third kappa shape index (κ3) is 8.65. The molecule has 0 aliphatic rings. The zero-order valence-corrected chi connectivity index (χ0v) is 20.7.